The highest BCUT2D eigenvalue weighted by Crippen LogP contribution is 2.22. The summed E-state index contributed by atoms with van der Waals surface area (Å²) in [5.41, 5.74) is 0.761. The second-order valence-electron chi connectivity index (χ2n) is 3.70. The average molecular weight is 259 g/mol. The third-order valence-electron chi connectivity index (χ3n) is 2.54. The monoisotopic (exact) mass is 258 g/mol. The summed E-state index contributed by atoms with van der Waals surface area (Å²) in [6.07, 6.45) is 0.807. The number of halogens is 1. The van der Waals surface area contributed by atoms with Gasteiger partial charge in [0.15, 0.2) is 0 Å². The van der Waals surface area contributed by atoms with Gasteiger partial charge >= 0.3 is 0 Å². The van der Waals surface area contributed by atoms with Crippen molar-refractivity contribution in [3.8, 4) is 0 Å². The molecule has 94 valence electrons. The quantitative estimate of drug-likeness (QED) is 0.605. The van der Waals surface area contributed by atoms with Gasteiger partial charge in [0, 0.05) is 24.7 Å². The maximum Gasteiger partial charge on any atom is 0.270 e. The molecule has 0 saturated heterocycles. The maximum atomic E-state index is 10.5. The largest absolute Gasteiger partial charge is 0.395 e. The summed E-state index contributed by atoms with van der Waals surface area (Å²) < 4.78 is 0. The van der Waals surface area contributed by atoms with Crippen LogP contribution in [0.4, 0.5) is 5.69 Å². The Morgan fingerprint density at radius 1 is 1.59 bits per heavy atom. The van der Waals surface area contributed by atoms with Crippen LogP contribution in [0.2, 0.25) is 5.02 Å². The van der Waals surface area contributed by atoms with E-state index in [9.17, 15) is 10.1 Å². The van der Waals surface area contributed by atoms with Crippen LogP contribution in [0, 0.1) is 10.1 Å². The molecular weight excluding hydrogens is 244 g/mol. The molecule has 5 nitrogen and oxygen atoms in total. The number of benzene rings is 1. The van der Waals surface area contributed by atoms with E-state index >= 15 is 0 Å². The zero-order valence-corrected chi connectivity index (χ0v) is 10.3. The standard InChI is InChI=1S/C11H15ClN2O3/c1-2-9(7-15)13-6-8-3-4-10(14(16)17)5-11(8)12/h3-5,9,13,15H,2,6-7H2,1H3. The summed E-state index contributed by atoms with van der Waals surface area (Å²) in [4.78, 5) is 10.0. The van der Waals surface area contributed by atoms with E-state index in [2.05, 4.69) is 5.32 Å². The summed E-state index contributed by atoms with van der Waals surface area (Å²) in [5, 5.41) is 23.0. The molecule has 0 aromatic heterocycles. The Hall–Kier alpha value is -1.17. The minimum Gasteiger partial charge on any atom is -0.395 e. The van der Waals surface area contributed by atoms with E-state index in [1.807, 2.05) is 6.92 Å². The Kier molecular flexibility index (Phi) is 5.34. The Labute approximate surface area is 105 Å². The minimum atomic E-state index is -0.480. The van der Waals surface area contributed by atoms with Crippen LogP contribution in [0.25, 0.3) is 0 Å². The third-order valence-corrected chi connectivity index (χ3v) is 2.89. The second-order valence-corrected chi connectivity index (χ2v) is 4.11. The fourth-order valence-corrected chi connectivity index (χ4v) is 1.63. The molecule has 0 bridgehead atoms. The van der Waals surface area contributed by atoms with E-state index in [-0.39, 0.29) is 18.3 Å². The number of hydrogen-bond donors (Lipinski definition) is 2. The first-order chi connectivity index (χ1) is 8.08. The highest BCUT2D eigenvalue weighted by molar-refractivity contribution is 6.31. The van der Waals surface area contributed by atoms with Crippen molar-refractivity contribution >= 4 is 17.3 Å². The van der Waals surface area contributed by atoms with Crippen LogP contribution in [0.3, 0.4) is 0 Å². The van der Waals surface area contributed by atoms with Crippen molar-refractivity contribution in [3.63, 3.8) is 0 Å². The van der Waals surface area contributed by atoms with Gasteiger partial charge in [-0.05, 0) is 18.1 Å². The first-order valence-corrected chi connectivity index (χ1v) is 5.73. The summed E-state index contributed by atoms with van der Waals surface area (Å²) >= 11 is 5.94. The van der Waals surface area contributed by atoms with E-state index in [4.69, 9.17) is 16.7 Å². The first kappa shape index (κ1) is 13.9. The lowest BCUT2D eigenvalue weighted by Gasteiger charge is -2.14. The van der Waals surface area contributed by atoms with Crippen LogP contribution >= 0.6 is 11.6 Å². The van der Waals surface area contributed by atoms with Crippen LogP contribution in [0.5, 0.6) is 0 Å². The molecule has 1 aromatic carbocycles. The van der Waals surface area contributed by atoms with Crippen LogP contribution in [-0.4, -0.2) is 22.7 Å². The topological polar surface area (TPSA) is 75.4 Å². The Balaban J connectivity index is 2.69. The molecule has 1 unspecified atom stereocenters. The lowest BCUT2D eigenvalue weighted by molar-refractivity contribution is -0.384. The highest BCUT2D eigenvalue weighted by Gasteiger charge is 2.10. The van der Waals surface area contributed by atoms with Crippen LogP contribution < -0.4 is 5.32 Å². The number of nitrogens with one attached hydrogen (secondary N) is 1. The van der Waals surface area contributed by atoms with Crippen molar-refractivity contribution in [2.75, 3.05) is 6.61 Å². The normalized spacial score (nSPS) is 12.4. The van der Waals surface area contributed by atoms with Crippen LogP contribution in [-0.2, 0) is 6.54 Å². The van der Waals surface area contributed by atoms with Gasteiger partial charge < -0.3 is 10.4 Å². The lowest BCUT2D eigenvalue weighted by atomic mass is 10.1. The molecular formula is C11H15ClN2O3. The van der Waals surface area contributed by atoms with E-state index in [0.29, 0.717) is 11.6 Å². The molecule has 0 aliphatic carbocycles. The molecule has 0 aliphatic rings. The van der Waals surface area contributed by atoms with E-state index in [0.717, 1.165) is 12.0 Å². The van der Waals surface area contributed by atoms with Gasteiger partial charge in [0.25, 0.3) is 5.69 Å². The predicted molar refractivity (Wildman–Crippen MR) is 66.1 cm³/mol. The fourth-order valence-electron chi connectivity index (χ4n) is 1.39. The molecule has 2 N–H and O–H groups in total. The van der Waals surface area contributed by atoms with Crippen molar-refractivity contribution in [1.82, 2.24) is 5.32 Å². The summed E-state index contributed by atoms with van der Waals surface area (Å²) in [6.45, 7) is 2.50. The minimum absolute atomic E-state index is 0.0151. The molecule has 17 heavy (non-hydrogen) atoms. The SMILES string of the molecule is CCC(CO)NCc1ccc([N+](=O)[O-])cc1Cl. The van der Waals surface area contributed by atoms with Crippen molar-refractivity contribution in [2.24, 2.45) is 0 Å². The van der Waals surface area contributed by atoms with E-state index in [1.165, 1.54) is 12.1 Å². The van der Waals surface area contributed by atoms with Crippen molar-refractivity contribution in [1.29, 1.82) is 0 Å². The molecule has 1 rings (SSSR count). The second kappa shape index (κ2) is 6.54. The molecule has 6 heteroatoms. The Bertz CT molecular complexity index is 394. The summed E-state index contributed by atoms with van der Waals surface area (Å²) in [5.74, 6) is 0. The van der Waals surface area contributed by atoms with Gasteiger partial charge in [-0.2, -0.15) is 0 Å². The zero-order valence-electron chi connectivity index (χ0n) is 9.52. The fraction of sp³-hybridized carbons (Fsp3) is 0.455. The van der Waals surface area contributed by atoms with Gasteiger partial charge in [0.1, 0.15) is 0 Å². The molecule has 1 atom stereocenters. The molecule has 1 aromatic rings. The van der Waals surface area contributed by atoms with Crippen LogP contribution in [0.1, 0.15) is 18.9 Å². The van der Waals surface area contributed by atoms with Gasteiger partial charge in [-0.15, -0.1) is 0 Å². The van der Waals surface area contributed by atoms with Crippen molar-refractivity contribution in [3.05, 3.63) is 38.9 Å². The van der Waals surface area contributed by atoms with E-state index < -0.39 is 4.92 Å². The number of nitro benzene ring substituents is 1. The molecule has 0 amide bonds. The van der Waals surface area contributed by atoms with E-state index in [1.54, 1.807) is 6.07 Å². The maximum absolute atomic E-state index is 10.5. The van der Waals surface area contributed by atoms with Gasteiger partial charge in [-0.3, -0.25) is 10.1 Å². The van der Waals surface area contributed by atoms with Gasteiger partial charge in [0.2, 0.25) is 0 Å². The molecule has 0 saturated carbocycles. The number of hydrogen-bond acceptors (Lipinski definition) is 4. The number of rotatable bonds is 6. The molecule has 0 spiro atoms. The highest BCUT2D eigenvalue weighted by atomic mass is 35.5. The third kappa shape index (κ3) is 3.96. The molecule has 0 aliphatic heterocycles. The number of non-ortho nitro benzene ring substituents is 1. The van der Waals surface area contributed by atoms with Gasteiger partial charge in [-0.1, -0.05) is 18.5 Å². The Morgan fingerprint density at radius 2 is 2.29 bits per heavy atom. The number of aliphatic hydroxyl groups is 1. The number of nitro groups is 1. The lowest BCUT2D eigenvalue weighted by Crippen LogP contribution is -2.31. The molecule has 0 radical (unpaired) electrons. The smallest absolute Gasteiger partial charge is 0.270 e. The van der Waals surface area contributed by atoms with Crippen molar-refractivity contribution in [2.45, 2.75) is 25.9 Å². The van der Waals surface area contributed by atoms with Gasteiger partial charge in [-0.25, -0.2) is 0 Å². The predicted octanol–water partition coefficient (Wildman–Crippen LogP) is 2.11. The molecule has 0 fully saturated rings. The van der Waals surface area contributed by atoms with Crippen molar-refractivity contribution < 1.29 is 10.0 Å². The molecule has 0 heterocycles. The first-order valence-electron chi connectivity index (χ1n) is 5.35. The van der Waals surface area contributed by atoms with Crippen LogP contribution in [0.15, 0.2) is 18.2 Å². The summed E-state index contributed by atoms with van der Waals surface area (Å²) in [6, 6.07) is 4.39. The van der Waals surface area contributed by atoms with Gasteiger partial charge in [0.05, 0.1) is 16.6 Å². The number of aliphatic hydroxyl groups excluding tert-OH is 1. The Morgan fingerprint density at radius 3 is 2.76 bits per heavy atom. The average Bonchev–Trinajstić information content (AvgIpc) is 2.31. The summed E-state index contributed by atoms with van der Waals surface area (Å²) in [7, 11) is 0. The number of nitrogens with zero attached hydrogens (tertiary/aromatic N) is 1. The zero-order chi connectivity index (χ0) is 12.8.